The van der Waals surface area contributed by atoms with Crippen molar-refractivity contribution in [2.75, 3.05) is 36.9 Å². The van der Waals surface area contributed by atoms with Crippen molar-refractivity contribution in [1.82, 2.24) is 10.2 Å². The summed E-state index contributed by atoms with van der Waals surface area (Å²) in [5.74, 6) is 3.06. The number of nitrogens with zero attached hydrogens (tertiary/aromatic N) is 1. The molecule has 0 aromatic heterocycles. The average Bonchev–Trinajstić information content (AvgIpc) is 2.83. The molecule has 2 aliphatic heterocycles. The van der Waals surface area contributed by atoms with Gasteiger partial charge in [0.2, 0.25) is 5.91 Å². The largest absolute Gasteiger partial charge is 0.327 e. The number of amides is 1. The Morgan fingerprint density at radius 3 is 2.62 bits per heavy atom. The number of rotatable bonds is 5. The lowest BCUT2D eigenvalue weighted by molar-refractivity contribution is -0.129. The van der Waals surface area contributed by atoms with Crippen LogP contribution in [0.4, 0.5) is 0 Å². The molecule has 2 saturated heterocycles. The van der Waals surface area contributed by atoms with E-state index in [-0.39, 0.29) is 30.0 Å². The monoisotopic (exact) mass is 330 g/mol. The molecular formula is C14H22N2O3S2. The molecule has 7 heteroatoms. The molecule has 2 heterocycles. The number of nitrogens with one attached hydrogen (secondary N) is 1. The maximum absolute atomic E-state index is 12.4. The summed E-state index contributed by atoms with van der Waals surface area (Å²) in [5.41, 5.74) is 0. The molecule has 1 unspecified atom stereocenters. The maximum Gasteiger partial charge on any atom is 0.233 e. The summed E-state index contributed by atoms with van der Waals surface area (Å²) in [4.78, 5) is 14.0. The highest BCUT2D eigenvalue weighted by Crippen LogP contribution is 2.23. The Morgan fingerprint density at radius 1 is 1.33 bits per heavy atom. The van der Waals surface area contributed by atoms with Gasteiger partial charge in [-0.2, -0.15) is 0 Å². The van der Waals surface area contributed by atoms with E-state index in [1.54, 1.807) is 16.7 Å². The van der Waals surface area contributed by atoms with Crippen molar-refractivity contribution in [2.24, 2.45) is 0 Å². The van der Waals surface area contributed by atoms with Crippen LogP contribution < -0.4 is 5.32 Å². The number of carbonyl (C=O) groups is 1. The molecule has 1 atom stereocenters. The van der Waals surface area contributed by atoms with E-state index in [2.05, 4.69) is 11.2 Å². The Kier molecular flexibility index (Phi) is 5.97. The summed E-state index contributed by atoms with van der Waals surface area (Å²) >= 11 is 1.67. The van der Waals surface area contributed by atoms with Crippen LogP contribution in [0.2, 0.25) is 0 Å². The smallest absolute Gasteiger partial charge is 0.233 e. The molecule has 5 nitrogen and oxygen atoms in total. The van der Waals surface area contributed by atoms with Crippen molar-refractivity contribution in [3.63, 3.8) is 0 Å². The first-order chi connectivity index (χ1) is 10.0. The van der Waals surface area contributed by atoms with Crippen molar-refractivity contribution in [3.8, 4) is 12.3 Å². The molecule has 2 aliphatic rings. The van der Waals surface area contributed by atoms with Gasteiger partial charge < -0.3 is 10.2 Å². The number of thioether (sulfide) groups is 1. The molecule has 0 aromatic rings. The van der Waals surface area contributed by atoms with Gasteiger partial charge >= 0.3 is 0 Å². The zero-order chi connectivity index (χ0) is 15.3. The Morgan fingerprint density at radius 2 is 2.05 bits per heavy atom. The first-order valence-electron chi connectivity index (χ1n) is 7.27. The van der Waals surface area contributed by atoms with Crippen LogP contribution in [0.1, 0.15) is 19.3 Å². The third kappa shape index (κ3) is 4.90. The normalized spacial score (nSPS) is 25.4. The van der Waals surface area contributed by atoms with Crippen LogP contribution in [0.25, 0.3) is 0 Å². The highest BCUT2D eigenvalue weighted by atomic mass is 32.2. The molecule has 0 saturated carbocycles. The molecule has 2 fully saturated rings. The molecular weight excluding hydrogens is 308 g/mol. The van der Waals surface area contributed by atoms with Crippen molar-refractivity contribution in [2.45, 2.75) is 30.6 Å². The predicted octanol–water partition coefficient (Wildman–Crippen LogP) is 0.121. The van der Waals surface area contributed by atoms with E-state index in [1.165, 1.54) is 0 Å². The first kappa shape index (κ1) is 16.7. The van der Waals surface area contributed by atoms with Gasteiger partial charge in [-0.3, -0.25) is 4.79 Å². The highest BCUT2D eigenvalue weighted by Gasteiger charge is 2.34. The lowest BCUT2D eigenvalue weighted by atomic mass is 10.2. The Bertz CT molecular complexity index is 507. The first-order valence-corrected chi connectivity index (χ1v) is 10.1. The minimum atomic E-state index is -3.01. The fraction of sp³-hybridized carbons (Fsp3) is 0.786. The third-order valence-electron chi connectivity index (χ3n) is 3.96. The van der Waals surface area contributed by atoms with Gasteiger partial charge in [-0.25, -0.2) is 8.42 Å². The standard InChI is InChI=1S/C14H22N2O3S2/c1-2-8-16(12-5-9-21(18,19)11-12)14(17)10-20-13-3-6-15-7-4-13/h1,12-13,15H,3-11H2. The summed E-state index contributed by atoms with van der Waals surface area (Å²) < 4.78 is 23.2. The number of terminal acetylenes is 1. The third-order valence-corrected chi connectivity index (χ3v) is 7.07. The van der Waals surface area contributed by atoms with Crippen LogP contribution in [0.5, 0.6) is 0 Å². The van der Waals surface area contributed by atoms with Gasteiger partial charge in [-0.15, -0.1) is 18.2 Å². The molecule has 21 heavy (non-hydrogen) atoms. The molecule has 0 spiro atoms. The lowest BCUT2D eigenvalue weighted by Crippen LogP contribution is -2.42. The van der Waals surface area contributed by atoms with Crippen molar-refractivity contribution >= 4 is 27.5 Å². The maximum atomic E-state index is 12.4. The molecule has 0 radical (unpaired) electrons. The van der Waals surface area contributed by atoms with E-state index in [9.17, 15) is 13.2 Å². The molecule has 0 bridgehead atoms. The van der Waals surface area contributed by atoms with Crippen LogP contribution in [0.15, 0.2) is 0 Å². The van der Waals surface area contributed by atoms with Gasteiger partial charge in [0, 0.05) is 11.3 Å². The van der Waals surface area contributed by atoms with Crippen LogP contribution >= 0.6 is 11.8 Å². The number of piperidine rings is 1. The average molecular weight is 330 g/mol. The van der Waals surface area contributed by atoms with E-state index in [1.807, 2.05) is 0 Å². The topological polar surface area (TPSA) is 66.5 Å². The summed E-state index contributed by atoms with van der Waals surface area (Å²) in [6.07, 6.45) is 7.99. The zero-order valence-electron chi connectivity index (χ0n) is 12.1. The predicted molar refractivity (Wildman–Crippen MR) is 86.0 cm³/mol. The number of carbonyl (C=O) groups excluding carboxylic acids is 1. The van der Waals surface area contributed by atoms with Crippen LogP contribution in [-0.2, 0) is 14.6 Å². The van der Waals surface area contributed by atoms with Gasteiger partial charge in [0.15, 0.2) is 9.84 Å². The molecule has 0 aromatic carbocycles. The fourth-order valence-corrected chi connectivity index (χ4v) is 5.62. The molecule has 2 rings (SSSR count). The van der Waals surface area contributed by atoms with Crippen molar-refractivity contribution in [3.05, 3.63) is 0 Å². The van der Waals surface area contributed by atoms with E-state index in [4.69, 9.17) is 6.42 Å². The minimum absolute atomic E-state index is 0.0291. The summed E-state index contributed by atoms with van der Waals surface area (Å²) in [7, 11) is -3.01. The molecule has 118 valence electrons. The zero-order valence-corrected chi connectivity index (χ0v) is 13.7. The lowest BCUT2D eigenvalue weighted by Gasteiger charge is -2.28. The minimum Gasteiger partial charge on any atom is -0.327 e. The fourth-order valence-electron chi connectivity index (χ4n) is 2.77. The van der Waals surface area contributed by atoms with Gasteiger partial charge in [0.05, 0.1) is 23.8 Å². The van der Waals surface area contributed by atoms with Crippen LogP contribution in [-0.4, -0.2) is 67.4 Å². The van der Waals surface area contributed by atoms with Gasteiger partial charge in [0.1, 0.15) is 0 Å². The second-order valence-corrected chi connectivity index (χ2v) is 9.06. The molecule has 1 N–H and O–H groups in total. The van der Waals surface area contributed by atoms with Crippen LogP contribution in [0.3, 0.4) is 0 Å². The SMILES string of the molecule is C#CCN(C(=O)CSC1CCNCC1)C1CCS(=O)(=O)C1. The Balaban J connectivity index is 1.88. The quantitative estimate of drug-likeness (QED) is 0.726. The second kappa shape index (κ2) is 7.52. The number of sulfone groups is 1. The van der Waals surface area contributed by atoms with Gasteiger partial charge in [0.25, 0.3) is 0 Å². The van der Waals surface area contributed by atoms with Crippen molar-refractivity contribution < 1.29 is 13.2 Å². The van der Waals surface area contributed by atoms with Crippen LogP contribution in [0, 0.1) is 12.3 Å². The second-order valence-electron chi connectivity index (χ2n) is 5.54. The molecule has 0 aliphatic carbocycles. The Labute approximate surface area is 131 Å². The van der Waals surface area contributed by atoms with E-state index in [0.29, 0.717) is 17.4 Å². The van der Waals surface area contributed by atoms with E-state index >= 15 is 0 Å². The van der Waals surface area contributed by atoms with Gasteiger partial charge in [-0.05, 0) is 32.4 Å². The summed E-state index contributed by atoms with van der Waals surface area (Å²) in [6.45, 7) is 2.20. The van der Waals surface area contributed by atoms with Crippen molar-refractivity contribution in [1.29, 1.82) is 0 Å². The highest BCUT2D eigenvalue weighted by molar-refractivity contribution is 8.00. The molecule has 1 amide bonds. The number of hydrogen-bond acceptors (Lipinski definition) is 5. The van der Waals surface area contributed by atoms with E-state index < -0.39 is 9.84 Å². The Hall–Kier alpha value is -0.710. The van der Waals surface area contributed by atoms with E-state index in [0.717, 1.165) is 25.9 Å². The van der Waals surface area contributed by atoms with Gasteiger partial charge in [-0.1, -0.05) is 5.92 Å². The number of hydrogen-bond donors (Lipinski definition) is 1. The summed E-state index contributed by atoms with van der Waals surface area (Å²) in [5, 5.41) is 3.81. The summed E-state index contributed by atoms with van der Waals surface area (Å²) in [6, 6.07) is -0.243.